The van der Waals surface area contributed by atoms with Crippen molar-refractivity contribution in [1.29, 1.82) is 5.26 Å². The van der Waals surface area contributed by atoms with Gasteiger partial charge in [-0.25, -0.2) is 0 Å². The number of methoxy groups -OCH3 is 1. The van der Waals surface area contributed by atoms with Crippen LogP contribution in [0.4, 0.5) is 5.69 Å². The van der Waals surface area contributed by atoms with Gasteiger partial charge >= 0.3 is 0 Å². The average Bonchev–Trinajstić information content (AvgIpc) is 2.49. The maximum Gasteiger partial charge on any atom is 0.228 e. The lowest BCUT2D eigenvalue weighted by Crippen LogP contribution is -2.15. The zero-order valence-corrected chi connectivity index (χ0v) is 12.1. The van der Waals surface area contributed by atoms with Crippen LogP contribution in [0.3, 0.4) is 0 Å². The molecule has 0 heterocycles. The van der Waals surface area contributed by atoms with E-state index in [0.29, 0.717) is 22.0 Å². The maximum atomic E-state index is 12.1. The molecule has 0 saturated carbocycles. The van der Waals surface area contributed by atoms with Crippen molar-refractivity contribution in [1.82, 2.24) is 0 Å². The zero-order chi connectivity index (χ0) is 15.2. The average molecular weight is 301 g/mol. The van der Waals surface area contributed by atoms with Gasteiger partial charge in [-0.2, -0.15) is 5.26 Å². The standard InChI is InChI=1S/C16H13ClN2O2/c1-21-15-5-3-2-4-12(15)9-16(20)19-14-7-6-11(10-18)8-13(14)17/h2-8H,9H2,1H3,(H,19,20). The topological polar surface area (TPSA) is 62.1 Å². The Kier molecular flexibility index (Phi) is 4.81. The predicted molar refractivity (Wildman–Crippen MR) is 81.5 cm³/mol. The first-order valence-corrected chi connectivity index (χ1v) is 6.63. The van der Waals surface area contributed by atoms with Gasteiger partial charge in [0.05, 0.1) is 35.9 Å². The van der Waals surface area contributed by atoms with E-state index in [9.17, 15) is 4.79 Å². The van der Waals surface area contributed by atoms with Crippen LogP contribution in [0.15, 0.2) is 42.5 Å². The second-order valence-corrected chi connectivity index (χ2v) is 4.75. The van der Waals surface area contributed by atoms with Crippen LogP contribution in [0.25, 0.3) is 0 Å². The third-order valence-electron chi connectivity index (χ3n) is 2.92. The quantitative estimate of drug-likeness (QED) is 0.941. The molecule has 2 aromatic rings. The Balaban J connectivity index is 2.10. The molecule has 106 valence electrons. The van der Waals surface area contributed by atoms with Crippen LogP contribution in [0, 0.1) is 11.3 Å². The SMILES string of the molecule is COc1ccccc1CC(=O)Nc1ccc(C#N)cc1Cl. The van der Waals surface area contributed by atoms with E-state index in [0.717, 1.165) is 5.56 Å². The van der Waals surface area contributed by atoms with Gasteiger partial charge in [0.15, 0.2) is 0 Å². The molecule has 0 aliphatic carbocycles. The number of benzene rings is 2. The van der Waals surface area contributed by atoms with Crippen molar-refractivity contribution in [2.45, 2.75) is 6.42 Å². The first-order valence-electron chi connectivity index (χ1n) is 6.25. The van der Waals surface area contributed by atoms with Crippen LogP contribution in [-0.2, 0) is 11.2 Å². The first kappa shape index (κ1) is 14.9. The Morgan fingerprint density at radius 3 is 2.76 bits per heavy atom. The number of para-hydroxylation sites is 1. The van der Waals surface area contributed by atoms with E-state index in [1.54, 1.807) is 25.3 Å². The van der Waals surface area contributed by atoms with Gasteiger partial charge in [-0.05, 0) is 24.3 Å². The number of nitriles is 1. The summed E-state index contributed by atoms with van der Waals surface area (Å²) in [7, 11) is 1.56. The van der Waals surface area contributed by atoms with Crippen LogP contribution in [0.2, 0.25) is 5.02 Å². The molecular weight excluding hydrogens is 288 g/mol. The molecule has 21 heavy (non-hydrogen) atoms. The van der Waals surface area contributed by atoms with E-state index >= 15 is 0 Å². The third-order valence-corrected chi connectivity index (χ3v) is 3.23. The van der Waals surface area contributed by atoms with Gasteiger partial charge in [0.1, 0.15) is 5.75 Å². The third kappa shape index (κ3) is 3.74. The van der Waals surface area contributed by atoms with Crippen molar-refractivity contribution in [3.63, 3.8) is 0 Å². The largest absolute Gasteiger partial charge is 0.496 e. The molecule has 0 aliphatic rings. The molecule has 1 amide bonds. The minimum atomic E-state index is -0.203. The van der Waals surface area contributed by atoms with Gasteiger partial charge in [-0.15, -0.1) is 0 Å². The molecule has 0 atom stereocenters. The number of hydrogen-bond acceptors (Lipinski definition) is 3. The molecule has 5 heteroatoms. The van der Waals surface area contributed by atoms with E-state index in [4.69, 9.17) is 21.6 Å². The molecule has 0 radical (unpaired) electrons. The summed E-state index contributed by atoms with van der Waals surface area (Å²) in [5.74, 6) is 0.463. The summed E-state index contributed by atoms with van der Waals surface area (Å²) >= 11 is 6.02. The minimum Gasteiger partial charge on any atom is -0.496 e. The Hall–Kier alpha value is -2.51. The fraction of sp³-hybridized carbons (Fsp3) is 0.125. The summed E-state index contributed by atoms with van der Waals surface area (Å²) in [4.78, 5) is 12.1. The van der Waals surface area contributed by atoms with E-state index in [1.807, 2.05) is 24.3 Å². The number of amides is 1. The van der Waals surface area contributed by atoms with Crippen molar-refractivity contribution >= 4 is 23.2 Å². The number of carbonyl (C=O) groups is 1. The molecule has 0 unspecified atom stereocenters. The number of anilines is 1. The van der Waals surface area contributed by atoms with Crippen molar-refractivity contribution in [3.05, 3.63) is 58.6 Å². The smallest absolute Gasteiger partial charge is 0.228 e. The molecule has 2 aromatic carbocycles. The van der Waals surface area contributed by atoms with Crippen molar-refractivity contribution in [2.75, 3.05) is 12.4 Å². The van der Waals surface area contributed by atoms with Crippen molar-refractivity contribution in [2.24, 2.45) is 0 Å². The lowest BCUT2D eigenvalue weighted by molar-refractivity contribution is -0.115. The Morgan fingerprint density at radius 2 is 2.10 bits per heavy atom. The predicted octanol–water partition coefficient (Wildman–Crippen LogP) is 3.40. The summed E-state index contributed by atoms with van der Waals surface area (Å²) in [6, 6.07) is 14.0. The fourth-order valence-electron chi connectivity index (χ4n) is 1.90. The lowest BCUT2D eigenvalue weighted by atomic mass is 10.1. The highest BCUT2D eigenvalue weighted by molar-refractivity contribution is 6.33. The van der Waals surface area contributed by atoms with Gasteiger partial charge < -0.3 is 10.1 Å². The van der Waals surface area contributed by atoms with Gasteiger partial charge in [-0.3, -0.25) is 4.79 Å². The fourth-order valence-corrected chi connectivity index (χ4v) is 2.13. The second-order valence-electron chi connectivity index (χ2n) is 4.34. The number of nitrogens with one attached hydrogen (secondary N) is 1. The van der Waals surface area contributed by atoms with Gasteiger partial charge in [0.2, 0.25) is 5.91 Å². The molecule has 0 spiro atoms. The molecule has 0 saturated heterocycles. The maximum absolute atomic E-state index is 12.1. The summed E-state index contributed by atoms with van der Waals surface area (Å²) in [5.41, 5.74) is 1.72. The van der Waals surface area contributed by atoms with Crippen LogP contribution < -0.4 is 10.1 Å². The second kappa shape index (κ2) is 6.78. The number of ether oxygens (including phenoxy) is 1. The molecular formula is C16H13ClN2O2. The van der Waals surface area contributed by atoms with Gasteiger partial charge in [0.25, 0.3) is 0 Å². The highest BCUT2D eigenvalue weighted by Crippen LogP contribution is 2.24. The number of nitrogens with zero attached hydrogens (tertiary/aromatic N) is 1. The molecule has 0 bridgehead atoms. The number of hydrogen-bond donors (Lipinski definition) is 1. The Morgan fingerprint density at radius 1 is 1.33 bits per heavy atom. The Bertz CT molecular complexity index is 708. The summed E-state index contributed by atoms with van der Waals surface area (Å²) < 4.78 is 5.21. The van der Waals surface area contributed by atoms with Gasteiger partial charge in [-0.1, -0.05) is 29.8 Å². The zero-order valence-electron chi connectivity index (χ0n) is 11.4. The van der Waals surface area contributed by atoms with Crippen LogP contribution in [0.5, 0.6) is 5.75 Å². The van der Waals surface area contributed by atoms with Crippen LogP contribution in [-0.4, -0.2) is 13.0 Å². The van der Waals surface area contributed by atoms with Crippen molar-refractivity contribution in [3.8, 4) is 11.8 Å². The summed E-state index contributed by atoms with van der Waals surface area (Å²) in [5, 5.41) is 11.8. The molecule has 1 N–H and O–H groups in total. The summed E-state index contributed by atoms with van der Waals surface area (Å²) in [6.07, 6.45) is 0.181. The molecule has 0 fully saturated rings. The van der Waals surface area contributed by atoms with Crippen LogP contribution >= 0.6 is 11.6 Å². The number of carbonyl (C=O) groups excluding carboxylic acids is 1. The normalized spacial score (nSPS) is 9.76. The molecule has 0 aromatic heterocycles. The number of rotatable bonds is 4. The Labute approximate surface area is 127 Å². The lowest BCUT2D eigenvalue weighted by Gasteiger charge is -2.10. The van der Waals surface area contributed by atoms with Gasteiger partial charge in [0, 0.05) is 5.56 Å². The van der Waals surface area contributed by atoms with E-state index in [-0.39, 0.29) is 12.3 Å². The molecule has 2 rings (SSSR count). The van der Waals surface area contributed by atoms with Crippen LogP contribution in [0.1, 0.15) is 11.1 Å². The van der Waals surface area contributed by atoms with E-state index < -0.39 is 0 Å². The minimum absolute atomic E-state index is 0.181. The highest BCUT2D eigenvalue weighted by Gasteiger charge is 2.10. The van der Waals surface area contributed by atoms with E-state index in [2.05, 4.69) is 5.32 Å². The highest BCUT2D eigenvalue weighted by atomic mass is 35.5. The number of halogens is 1. The molecule has 4 nitrogen and oxygen atoms in total. The van der Waals surface area contributed by atoms with Crippen molar-refractivity contribution < 1.29 is 9.53 Å². The molecule has 0 aliphatic heterocycles. The van der Waals surface area contributed by atoms with E-state index in [1.165, 1.54) is 6.07 Å². The monoisotopic (exact) mass is 300 g/mol. The summed E-state index contributed by atoms with van der Waals surface area (Å²) in [6.45, 7) is 0. The first-order chi connectivity index (χ1) is 10.1.